The van der Waals surface area contributed by atoms with E-state index in [0.29, 0.717) is 12.2 Å². The monoisotopic (exact) mass is 612 g/mol. The maximum Gasteiger partial charge on any atom is 0.136 e. The molecule has 5 heteroatoms. The second-order valence-corrected chi connectivity index (χ2v) is 15.5. The number of hydrogen-bond acceptors (Lipinski definition) is 3. The van der Waals surface area contributed by atoms with E-state index in [1.165, 1.54) is 21.6 Å². The average molecular weight is 613 g/mol. The zero-order valence-corrected chi connectivity index (χ0v) is 26.7. The molecule has 0 bridgehead atoms. The summed E-state index contributed by atoms with van der Waals surface area (Å²) in [4.78, 5) is 16.1. The van der Waals surface area contributed by atoms with Gasteiger partial charge in [-0.1, -0.05) is 89.0 Å². The Morgan fingerprint density at radius 1 is 0.667 bits per heavy atom. The minimum absolute atomic E-state index is 0.0234. The largest absolute Gasteiger partial charge is 0.299 e. The minimum atomic E-state index is -1.25. The fourth-order valence-electron chi connectivity index (χ4n) is 6.96. The molecule has 7 atom stereocenters. The molecule has 0 aromatic heterocycles. The molecule has 42 heavy (non-hydrogen) atoms. The first-order chi connectivity index (χ1) is 20.3. The van der Waals surface area contributed by atoms with E-state index in [4.69, 9.17) is 11.6 Å². The number of carbonyl (C=O) groups excluding carboxylic acids is 1. The first-order valence-electron chi connectivity index (χ1n) is 14.8. The van der Waals surface area contributed by atoms with Crippen LogP contribution >= 0.6 is 23.4 Å². The van der Waals surface area contributed by atoms with E-state index in [1.54, 1.807) is 0 Å². The van der Waals surface area contributed by atoms with Gasteiger partial charge in [0.15, 0.2) is 0 Å². The van der Waals surface area contributed by atoms with Gasteiger partial charge in [0.25, 0.3) is 0 Å². The molecule has 0 aliphatic heterocycles. The summed E-state index contributed by atoms with van der Waals surface area (Å²) in [7, 11) is -1.25. The number of halogens is 1. The van der Waals surface area contributed by atoms with Gasteiger partial charge in [-0.05, 0) is 93.0 Å². The Kier molecular flexibility index (Phi) is 8.77. The molecule has 2 aliphatic carbocycles. The van der Waals surface area contributed by atoms with Crippen molar-refractivity contribution in [1.29, 1.82) is 0 Å². The molecular formula is C37H37ClO2S2. The Morgan fingerprint density at radius 3 is 1.81 bits per heavy atom. The Morgan fingerprint density at radius 2 is 1.19 bits per heavy atom. The molecule has 2 fully saturated rings. The topological polar surface area (TPSA) is 34.1 Å². The first kappa shape index (κ1) is 29.4. The average Bonchev–Trinajstić information content (AvgIpc) is 2.99. The Bertz CT molecular complexity index is 1560. The summed E-state index contributed by atoms with van der Waals surface area (Å²) in [5, 5.41) is 0.822. The van der Waals surface area contributed by atoms with Gasteiger partial charge in [0.05, 0.1) is 16.0 Å². The standard InChI is InChI=1S/C37H37ClO2S2/c1-23-4-10-27(11-5-23)32-21-35(39)33-22-36(41-29-16-6-24(2)7-17-29)31(26-12-14-28(38)15-13-26)20-34(33)37(32)42(40)30-18-8-25(3)9-19-30/h4-19,31-34,36-37H,20-22H2,1-3H3/t31?,32?,33-,34+,36?,37?,42?/m1/s1. The van der Waals surface area contributed by atoms with E-state index in [2.05, 4.69) is 81.4 Å². The SMILES string of the molecule is Cc1ccc(SC2C[C@H]3C(=O)CC(c4ccc(C)cc4)C(S(=O)c4ccc(C)cc4)[C@H]3CC2c2ccc(Cl)cc2)cc1. The lowest BCUT2D eigenvalue weighted by atomic mass is 9.61. The molecule has 0 saturated heterocycles. The summed E-state index contributed by atoms with van der Waals surface area (Å²) in [5.41, 5.74) is 5.94. The Hall–Kier alpha value is -2.66. The highest BCUT2D eigenvalue weighted by Crippen LogP contribution is 2.54. The highest BCUT2D eigenvalue weighted by atomic mass is 35.5. The Balaban J connectivity index is 1.42. The van der Waals surface area contributed by atoms with Gasteiger partial charge >= 0.3 is 0 Å². The molecule has 0 N–H and O–H groups in total. The maximum absolute atomic E-state index is 14.6. The lowest BCUT2D eigenvalue weighted by molar-refractivity contribution is -0.128. The van der Waals surface area contributed by atoms with E-state index in [-0.39, 0.29) is 34.2 Å². The van der Waals surface area contributed by atoms with Crippen molar-refractivity contribution in [3.63, 3.8) is 0 Å². The van der Waals surface area contributed by atoms with Gasteiger partial charge in [-0.25, -0.2) is 0 Å². The van der Waals surface area contributed by atoms with Crippen LogP contribution in [0, 0.1) is 32.6 Å². The maximum atomic E-state index is 14.6. The van der Waals surface area contributed by atoms with Crippen molar-refractivity contribution in [2.45, 2.75) is 72.2 Å². The third kappa shape index (κ3) is 6.18. The number of benzene rings is 4. The van der Waals surface area contributed by atoms with Crippen molar-refractivity contribution < 1.29 is 9.00 Å². The second-order valence-electron chi connectivity index (χ2n) is 12.1. The zero-order chi connectivity index (χ0) is 29.4. The van der Waals surface area contributed by atoms with Gasteiger partial charge < -0.3 is 0 Å². The summed E-state index contributed by atoms with van der Waals surface area (Å²) in [5.74, 6) is 0.394. The van der Waals surface area contributed by atoms with Crippen molar-refractivity contribution in [2.75, 3.05) is 0 Å². The van der Waals surface area contributed by atoms with E-state index in [1.807, 2.05) is 48.2 Å². The van der Waals surface area contributed by atoms with Crippen LogP contribution in [0.4, 0.5) is 0 Å². The molecule has 6 rings (SSSR count). The molecule has 2 nitrogen and oxygen atoms in total. The molecule has 0 radical (unpaired) electrons. The molecule has 0 amide bonds. The van der Waals surface area contributed by atoms with Crippen molar-refractivity contribution in [1.82, 2.24) is 0 Å². The predicted molar refractivity (Wildman–Crippen MR) is 176 cm³/mol. The van der Waals surface area contributed by atoms with Crippen LogP contribution in [-0.4, -0.2) is 20.5 Å². The van der Waals surface area contributed by atoms with Crippen molar-refractivity contribution in [3.05, 3.63) is 130 Å². The highest BCUT2D eigenvalue weighted by molar-refractivity contribution is 8.00. The van der Waals surface area contributed by atoms with Crippen molar-refractivity contribution in [2.24, 2.45) is 11.8 Å². The Labute approximate surface area is 261 Å². The number of rotatable bonds is 6. The van der Waals surface area contributed by atoms with Gasteiger partial charge in [0.2, 0.25) is 0 Å². The summed E-state index contributed by atoms with van der Waals surface area (Å²) in [6.45, 7) is 6.24. The fraction of sp³-hybridized carbons (Fsp3) is 0.324. The zero-order valence-electron chi connectivity index (χ0n) is 24.3. The van der Waals surface area contributed by atoms with Crippen molar-refractivity contribution in [3.8, 4) is 0 Å². The predicted octanol–water partition coefficient (Wildman–Crippen LogP) is 9.47. The van der Waals surface area contributed by atoms with Crippen LogP contribution in [0.25, 0.3) is 0 Å². The third-order valence-electron chi connectivity index (χ3n) is 9.24. The lowest BCUT2D eigenvalue weighted by Gasteiger charge is -2.49. The third-order valence-corrected chi connectivity index (χ3v) is 12.8. The molecular weight excluding hydrogens is 576 g/mol. The number of aryl methyl sites for hydroxylation is 3. The summed E-state index contributed by atoms with van der Waals surface area (Å²) < 4.78 is 14.6. The molecule has 216 valence electrons. The number of fused-ring (bicyclic) bond motifs is 1. The quantitative estimate of drug-likeness (QED) is 0.217. The van der Waals surface area contributed by atoms with Gasteiger partial charge in [-0.15, -0.1) is 11.8 Å². The molecule has 4 aromatic carbocycles. The summed E-state index contributed by atoms with van der Waals surface area (Å²) in [6, 6.07) is 33.6. The summed E-state index contributed by atoms with van der Waals surface area (Å²) >= 11 is 8.20. The van der Waals surface area contributed by atoms with E-state index in [0.717, 1.165) is 33.9 Å². The van der Waals surface area contributed by atoms with Gasteiger partial charge in [0, 0.05) is 38.3 Å². The minimum Gasteiger partial charge on any atom is -0.299 e. The van der Waals surface area contributed by atoms with E-state index < -0.39 is 10.8 Å². The number of carbonyl (C=O) groups is 1. The summed E-state index contributed by atoms with van der Waals surface area (Å²) in [6.07, 6.45) is 2.06. The molecule has 5 unspecified atom stereocenters. The molecule has 0 heterocycles. The molecule has 2 aliphatic rings. The van der Waals surface area contributed by atoms with Crippen LogP contribution in [0.2, 0.25) is 5.02 Å². The van der Waals surface area contributed by atoms with E-state index in [9.17, 15) is 9.00 Å². The number of Topliss-reactive ketones (excluding diaryl/α,β-unsaturated/α-hetero) is 1. The van der Waals surface area contributed by atoms with Gasteiger partial charge in [0.1, 0.15) is 5.78 Å². The smallest absolute Gasteiger partial charge is 0.136 e. The molecule has 2 saturated carbocycles. The second kappa shape index (κ2) is 12.5. The van der Waals surface area contributed by atoms with E-state index >= 15 is 0 Å². The van der Waals surface area contributed by atoms with Crippen molar-refractivity contribution >= 4 is 39.9 Å². The van der Waals surface area contributed by atoms with Crippen LogP contribution in [0.3, 0.4) is 0 Å². The number of thioether (sulfide) groups is 1. The van der Waals surface area contributed by atoms with Crippen LogP contribution in [0.1, 0.15) is 58.9 Å². The highest BCUT2D eigenvalue weighted by Gasteiger charge is 2.52. The first-order valence-corrected chi connectivity index (χ1v) is 17.3. The van der Waals surface area contributed by atoms with Gasteiger partial charge in [-0.3, -0.25) is 9.00 Å². The van der Waals surface area contributed by atoms with Gasteiger partial charge in [-0.2, -0.15) is 0 Å². The van der Waals surface area contributed by atoms with Crippen LogP contribution in [0.15, 0.2) is 107 Å². The van der Waals surface area contributed by atoms with Crippen LogP contribution < -0.4 is 0 Å². The normalized spacial score (nSPS) is 26.4. The molecule has 4 aromatic rings. The van der Waals surface area contributed by atoms with Crippen LogP contribution in [0.5, 0.6) is 0 Å². The lowest BCUT2D eigenvalue weighted by Crippen LogP contribution is -2.50. The molecule has 0 spiro atoms. The fourth-order valence-corrected chi connectivity index (χ4v) is 10.3. The van der Waals surface area contributed by atoms with Crippen LogP contribution in [-0.2, 0) is 15.6 Å². The number of hydrogen-bond donors (Lipinski definition) is 0. The number of ketones is 1.